The van der Waals surface area contributed by atoms with Crippen LogP contribution in [-0.2, 0) is 21.3 Å². The van der Waals surface area contributed by atoms with E-state index in [1.165, 1.54) is 12.1 Å². The third-order valence-electron chi connectivity index (χ3n) is 3.81. The van der Waals surface area contributed by atoms with E-state index in [1.807, 2.05) is 16.7 Å². The Morgan fingerprint density at radius 3 is 2.32 bits per heavy atom. The Morgan fingerprint density at radius 2 is 1.76 bits per heavy atom. The molecule has 6 nitrogen and oxygen atoms in total. The van der Waals surface area contributed by atoms with Crippen LogP contribution < -0.4 is 0 Å². The van der Waals surface area contributed by atoms with Gasteiger partial charge >= 0.3 is 0 Å². The molecule has 3 aromatic rings. The van der Waals surface area contributed by atoms with Gasteiger partial charge in [-0.05, 0) is 23.3 Å². The molecule has 2 aromatic carbocycles. The lowest BCUT2D eigenvalue weighted by atomic mass is 10.0. The van der Waals surface area contributed by atoms with E-state index in [4.69, 9.17) is 0 Å². The van der Waals surface area contributed by atoms with E-state index in [9.17, 15) is 17.8 Å². The smallest absolute Gasteiger partial charge is 0.279 e. The second-order valence-electron chi connectivity index (χ2n) is 5.59. The number of Topliss-reactive ketones (excluding diaryl/α,β-unsaturated/α-hetero) is 1. The van der Waals surface area contributed by atoms with Gasteiger partial charge in [0.15, 0.2) is 11.0 Å². The number of hydrogen-bond donors (Lipinski definition) is 1. The molecule has 0 saturated carbocycles. The van der Waals surface area contributed by atoms with Crippen LogP contribution in [0.25, 0.3) is 5.69 Å². The first kappa shape index (κ1) is 17.1. The summed E-state index contributed by atoms with van der Waals surface area (Å²) in [7, 11) is -4.54. The average molecular weight is 356 g/mol. The largest absolute Gasteiger partial charge is 0.306 e. The average Bonchev–Trinajstić information content (AvgIpc) is 3.10. The van der Waals surface area contributed by atoms with Crippen molar-refractivity contribution in [2.24, 2.45) is 0 Å². The van der Waals surface area contributed by atoms with Gasteiger partial charge in [0.2, 0.25) is 0 Å². The summed E-state index contributed by atoms with van der Waals surface area (Å²) in [6.45, 7) is 0. The zero-order chi connectivity index (χ0) is 17.9. The third-order valence-corrected chi connectivity index (χ3v) is 4.94. The van der Waals surface area contributed by atoms with E-state index in [1.54, 1.807) is 49.1 Å². The molecule has 0 aliphatic rings. The van der Waals surface area contributed by atoms with Crippen molar-refractivity contribution in [3.8, 4) is 5.69 Å². The summed E-state index contributed by atoms with van der Waals surface area (Å²) in [4.78, 5) is 16.5. The van der Waals surface area contributed by atoms with Gasteiger partial charge in [-0.1, -0.05) is 42.5 Å². The fraction of sp³-hybridized carbons (Fsp3) is 0.111. The molecule has 0 spiro atoms. The van der Waals surface area contributed by atoms with Crippen LogP contribution in [0.2, 0.25) is 0 Å². The van der Waals surface area contributed by atoms with Crippen molar-refractivity contribution in [2.45, 2.75) is 11.7 Å². The lowest BCUT2D eigenvalue weighted by molar-refractivity contribution is -0.118. The van der Waals surface area contributed by atoms with Gasteiger partial charge in [-0.2, -0.15) is 8.42 Å². The molecule has 7 heteroatoms. The Morgan fingerprint density at radius 1 is 1.08 bits per heavy atom. The summed E-state index contributed by atoms with van der Waals surface area (Å²) in [6.07, 6.45) is 5.02. The van der Waals surface area contributed by atoms with E-state index in [2.05, 4.69) is 4.98 Å². The number of aromatic nitrogens is 2. The molecule has 0 aliphatic heterocycles. The second-order valence-corrected chi connectivity index (χ2v) is 7.09. The van der Waals surface area contributed by atoms with Crippen molar-refractivity contribution >= 4 is 15.9 Å². The van der Waals surface area contributed by atoms with Gasteiger partial charge in [-0.25, -0.2) is 4.98 Å². The number of ketones is 1. The van der Waals surface area contributed by atoms with Gasteiger partial charge in [0, 0.05) is 24.5 Å². The third kappa shape index (κ3) is 4.01. The van der Waals surface area contributed by atoms with Gasteiger partial charge in [-0.15, -0.1) is 0 Å². The van der Waals surface area contributed by atoms with Gasteiger partial charge < -0.3 is 4.57 Å². The number of nitrogens with zero attached hydrogens (tertiary/aromatic N) is 2. The highest BCUT2D eigenvalue weighted by Gasteiger charge is 2.32. The quantitative estimate of drug-likeness (QED) is 0.686. The molecule has 0 radical (unpaired) electrons. The van der Waals surface area contributed by atoms with Crippen LogP contribution in [0.4, 0.5) is 0 Å². The Bertz CT molecular complexity index is 950. The fourth-order valence-corrected chi connectivity index (χ4v) is 3.56. The molecule has 0 aliphatic carbocycles. The van der Waals surface area contributed by atoms with E-state index in [0.717, 1.165) is 5.69 Å². The molecule has 1 N–H and O–H groups in total. The van der Waals surface area contributed by atoms with E-state index in [0.29, 0.717) is 5.56 Å². The van der Waals surface area contributed by atoms with Crippen LogP contribution in [0.1, 0.15) is 16.4 Å². The van der Waals surface area contributed by atoms with Gasteiger partial charge in [0.1, 0.15) is 0 Å². The number of benzene rings is 2. The van der Waals surface area contributed by atoms with Crippen LogP contribution >= 0.6 is 0 Å². The highest BCUT2D eigenvalue weighted by molar-refractivity contribution is 7.86. The van der Waals surface area contributed by atoms with Gasteiger partial charge in [0.05, 0.1) is 6.33 Å². The predicted molar refractivity (Wildman–Crippen MR) is 93.0 cm³/mol. The van der Waals surface area contributed by atoms with Crippen LogP contribution in [0.5, 0.6) is 0 Å². The minimum absolute atomic E-state index is 0.0937. The maximum Gasteiger partial charge on any atom is 0.279 e. The lowest BCUT2D eigenvalue weighted by Gasteiger charge is -2.13. The monoisotopic (exact) mass is 356 g/mol. The zero-order valence-electron chi connectivity index (χ0n) is 13.2. The topological polar surface area (TPSA) is 89.3 Å². The van der Waals surface area contributed by atoms with Crippen molar-refractivity contribution in [2.75, 3.05) is 0 Å². The summed E-state index contributed by atoms with van der Waals surface area (Å²) in [5.41, 5.74) is 1.80. The fourth-order valence-electron chi connectivity index (χ4n) is 2.64. The summed E-state index contributed by atoms with van der Waals surface area (Å²) >= 11 is 0. The summed E-state index contributed by atoms with van der Waals surface area (Å²) in [6, 6.07) is 15.1. The summed E-state index contributed by atoms with van der Waals surface area (Å²) < 4.78 is 34.7. The molecular weight excluding hydrogens is 340 g/mol. The van der Waals surface area contributed by atoms with Crippen LogP contribution in [0.15, 0.2) is 73.3 Å². The summed E-state index contributed by atoms with van der Waals surface area (Å²) in [5.74, 6) is -0.580. The lowest BCUT2D eigenvalue weighted by Crippen LogP contribution is -2.23. The molecule has 0 amide bonds. The predicted octanol–water partition coefficient (Wildman–Crippen LogP) is 2.61. The Hall–Kier alpha value is -2.77. The molecule has 128 valence electrons. The zero-order valence-corrected chi connectivity index (χ0v) is 14.0. The molecule has 1 atom stereocenters. The Balaban J connectivity index is 1.82. The number of carbonyl (C=O) groups excluding carboxylic acids is 1. The number of rotatable bonds is 6. The maximum absolute atomic E-state index is 12.5. The SMILES string of the molecule is O=C(Cc1ccc(-n2ccnc2)cc1)C(c1ccccc1)S(=O)(=O)O. The first-order chi connectivity index (χ1) is 11.9. The Labute approximate surface area is 145 Å². The van der Waals surface area contributed by atoms with Crippen molar-refractivity contribution in [1.82, 2.24) is 9.55 Å². The van der Waals surface area contributed by atoms with Gasteiger partial charge in [-0.3, -0.25) is 9.35 Å². The molecule has 0 bridgehead atoms. The second kappa shape index (κ2) is 7.00. The first-order valence-corrected chi connectivity index (χ1v) is 9.07. The molecule has 0 saturated heterocycles. The minimum atomic E-state index is -4.54. The maximum atomic E-state index is 12.5. The van der Waals surface area contributed by atoms with Crippen LogP contribution in [0.3, 0.4) is 0 Å². The molecule has 1 heterocycles. The normalized spacial score (nSPS) is 12.7. The Kier molecular flexibility index (Phi) is 4.78. The van der Waals surface area contributed by atoms with E-state index >= 15 is 0 Å². The van der Waals surface area contributed by atoms with Crippen LogP contribution in [0, 0.1) is 0 Å². The van der Waals surface area contributed by atoms with E-state index in [-0.39, 0.29) is 12.0 Å². The number of imidazole rings is 1. The minimum Gasteiger partial charge on any atom is -0.306 e. The molecular formula is C18H16N2O4S. The molecule has 1 aromatic heterocycles. The first-order valence-electron chi connectivity index (χ1n) is 7.56. The van der Waals surface area contributed by atoms with Gasteiger partial charge in [0.25, 0.3) is 10.1 Å². The molecule has 1 unspecified atom stereocenters. The van der Waals surface area contributed by atoms with Crippen molar-refractivity contribution in [3.05, 3.63) is 84.4 Å². The molecule has 0 fully saturated rings. The van der Waals surface area contributed by atoms with E-state index < -0.39 is 21.2 Å². The standard InChI is InChI=1S/C18H16N2O4S/c21-17(18(25(22,23)24)15-4-2-1-3-5-15)12-14-6-8-16(9-7-14)20-11-10-19-13-20/h1-11,13,18H,12H2,(H,22,23,24). The molecule has 3 rings (SSSR count). The molecule has 25 heavy (non-hydrogen) atoms. The van der Waals surface area contributed by atoms with Crippen LogP contribution in [-0.4, -0.2) is 28.3 Å². The summed E-state index contributed by atoms with van der Waals surface area (Å²) in [5, 5.41) is -1.58. The van der Waals surface area contributed by atoms with Crippen molar-refractivity contribution in [3.63, 3.8) is 0 Å². The van der Waals surface area contributed by atoms with Crippen molar-refractivity contribution in [1.29, 1.82) is 0 Å². The highest BCUT2D eigenvalue weighted by atomic mass is 32.2. The van der Waals surface area contributed by atoms with Crippen molar-refractivity contribution < 1.29 is 17.8 Å². The highest BCUT2D eigenvalue weighted by Crippen LogP contribution is 2.24. The number of carbonyl (C=O) groups is 1. The number of hydrogen-bond acceptors (Lipinski definition) is 4.